The molecule has 2 aromatic heterocycles. The largest absolute Gasteiger partial charge is 0.394 e. The van der Waals surface area contributed by atoms with Crippen LogP contribution in [0.2, 0.25) is 20.1 Å². The zero-order valence-corrected chi connectivity index (χ0v) is 38.0. The summed E-state index contributed by atoms with van der Waals surface area (Å²) in [6.45, 7) is 2.86. The molecule has 1 saturated heterocycles. The maximum absolute atomic E-state index is 12.5. The standard InChI is InChI=1S/C20H19Cl2N3O5S.C10H7Cl2N3O.C10H14O5S/c1-14-2-5-17(6-3-14)31(26,27)29-10-16-9-28-20(30-16,11-25-13-23-12-24-25)18-7-4-15(21)8-19(18)22;11-7-1-2-8(9(12)3-7)10(16)4-15-6-13-5-14-15;1-8-2-4-10(5-3-8)16(13,14)15-7-9(12)6-11/h2-8,12-13,16H,9-11H2,1H3;1-3,5-6H,4H2;2-5,9,11-12H,6-7H2,1H3/t16-,20+;;9-/m0.0/s1. The molecule has 63 heavy (non-hydrogen) atoms. The number of ether oxygens (including phenoxy) is 2. The minimum absolute atomic E-state index is 0.0308. The maximum Gasteiger partial charge on any atom is 0.297 e. The first kappa shape index (κ1) is 49.7. The Bertz CT molecular complexity index is 2650. The van der Waals surface area contributed by atoms with Gasteiger partial charge in [-0.25, -0.2) is 19.3 Å². The zero-order chi connectivity index (χ0) is 45.8. The molecule has 1 aliphatic heterocycles. The molecule has 1 aliphatic rings. The summed E-state index contributed by atoms with van der Waals surface area (Å²) in [5.41, 5.74) is 2.86. The van der Waals surface area contributed by atoms with Crippen molar-refractivity contribution in [2.24, 2.45) is 0 Å². The average Bonchev–Trinajstić information content (AvgIpc) is 4.04. The lowest BCUT2D eigenvalue weighted by Gasteiger charge is -2.29. The molecule has 0 aliphatic carbocycles. The Morgan fingerprint density at radius 1 is 0.794 bits per heavy atom. The van der Waals surface area contributed by atoms with E-state index in [9.17, 15) is 21.6 Å². The summed E-state index contributed by atoms with van der Waals surface area (Å²) in [4.78, 5) is 19.6. The Hall–Kier alpha value is -4.35. The quantitative estimate of drug-likeness (QED) is 0.0878. The summed E-state index contributed by atoms with van der Waals surface area (Å²) in [7, 11) is -7.79. The lowest BCUT2D eigenvalue weighted by Crippen LogP contribution is -2.35. The average molecular weight is 987 g/mol. The third-order valence-corrected chi connectivity index (χ3v) is 12.4. The van der Waals surface area contributed by atoms with Crippen molar-refractivity contribution < 1.29 is 49.7 Å². The molecule has 3 atom stereocenters. The molecule has 0 bridgehead atoms. The lowest BCUT2D eigenvalue weighted by molar-refractivity contribution is -0.190. The Morgan fingerprint density at radius 2 is 1.33 bits per heavy atom. The number of aliphatic hydroxyl groups is 2. The second-order valence-electron chi connectivity index (χ2n) is 13.6. The van der Waals surface area contributed by atoms with Crippen LogP contribution in [0.1, 0.15) is 27.0 Å². The molecule has 0 saturated carbocycles. The number of ketones is 1. The highest BCUT2D eigenvalue weighted by molar-refractivity contribution is 7.87. The lowest BCUT2D eigenvalue weighted by atomic mass is 10.1. The van der Waals surface area contributed by atoms with Crippen LogP contribution in [0.4, 0.5) is 0 Å². The van der Waals surface area contributed by atoms with Crippen LogP contribution in [0.15, 0.2) is 120 Å². The first-order valence-electron chi connectivity index (χ1n) is 18.5. The number of carbonyl (C=O) groups excluding carboxylic acids is 1. The van der Waals surface area contributed by atoms with E-state index in [0.29, 0.717) is 31.2 Å². The number of aryl methyl sites for hydroxylation is 2. The summed E-state index contributed by atoms with van der Waals surface area (Å²) in [6, 6.07) is 22.3. The predicted molar refractivity (Wildman–Crippen MR) is 232 cm³/mol. The zero-order valence-electron chi connectivity index (χ0n) is 33.4. The minimum Gasteiger partial charge on any atom is -0.394 e. The Balaban J connectivity index is 0.000000197. The van der Waals surface area contributed by atoms with Crippen LogP contribution in [0, 0.1) is 13.8 Å². The molecule has 6 aromatic rings. The number of carbonyl (C=O) groups is 1. The van der Waals surface area contributed by atoms with Crippen LogP contribution < -0.4 is 0 Å². The first-order chi connectivity index (χ1) is 29.9. The van der Waals surface area contributed by atoms with Gasteiger partial charge in [0.15, 0.2) is 5.78 Å². The fraction of sp³-hybridized carbons (Fsp3) is 0.275. The van der Waals surface area contributed by atoms with Gasteiger partial charge in [0.1, 0.15) is 50.6 Å². The highest BCUT2D eigenvalue weighted by Gasteiger charge is 2.46. The smallest absolute Gasteiger partial charge is 0.297 e. The molecule has 1 fully saturated rings. The maximum atomic E-state index is 12.5. The van der Waals surface area contributed by atoms with E-state index in [1.165, 1.54) is 65.0 Å². The molecule has 0 amide bonds. The minimum atomic E-state index is -3.94. The van der Waals surface area contributed by atoms with E-state index >= 15 is 0 Å². The molecular formula is C40H40Cl4N6O11S2. The SMILES string of the molecule is Cc1ccc(S(=O)(=O)OC[C@@H](O)CO)cc1.Cc1ccc(S(=O)(=O)OC[C@@H]2CO[C@@](Cn3cncn3)(c3ccc(Cl)cc3Cl)O2)cc1.O=C(Cn1cncn1)c1ccc(Cl)cc1Cl. The third kappa shape index (κ3) is 14.3. The summed E-state index contributed by atoms with van der Waals surface area (Å²) in [5, 5.41) is 27.1. The molecule has 3 heterocycles. The van der Waals surface area contributed by atoms with Crippen LogP contribution in [0.25, 0.3) is 0 Å². The van der Waals surface area contributed by atoms with E-state index in [2.05, 4.69) is 24.3 Å². The van der Waals surface area contributed by atoms with Crippen molar-refractivity contribution >= 4 is 72.4 Å². The van der Waals surface area contributed by atoms with E-state index in [-0.39, 0.29) is 41.9 Å². The van der Waals surface area contributed by atoms with E-state index in [0.717, 1.165) is 11.1 Å². The molecule has 17 nitrogen and oxygen atoms in total. The number of halogens is 4. The second kappa shape index (κ2) is 22.5. The number of rotatable bonds is 15. The molecule has 0 spiro atoms. The van der Waals surface area contributed by atoms with Gasteiger partial charge in [0.25, 0.3) is 20.2 Å². The number of hydrogen-bond donors (Lipinski definition) is 2. The van der Waals surface area contributed by atoms with Gasteiger partial charge in [-0.05, 0) is 68.4 Å². The molecule has 23 heteroatoms. The van der Waals surface area contributed by atoms with Gasteiger partial charge in [-0.2, -0.15) is 27.0 Å². The Kier molecular flexibility index (Phi) is 17.7. The summed E-state index contributed by atoms with van der Waals surface area (Å²) >= 11 is 24.1. The molecule has 2 N–H and O–H groups in total. The topological polar surface area (TPSA) is 224 Å². The van der Waals surface area contributed by atoms with Crippen LogP contribution in [0.3, 0.4) is 0 Å². The van der Waals surface area contributed by atoms with Crippen molar-refractivity contribution in [3.8, 4) is 0 Å². The summed E-state index contributed by atoms with van der Waals surface area (Å²) < 4.78 is 73.0. The molecule has 7 rings (SSSR count). The molecular weight excluding hydrogens is 946 g/mol. The van der Waals surface area contributed by atoms with Gasteiger partial charge in [-0.15, -0.1) is 0 Å². The summed E-state index contributed by atoms with van der Waals surface area (Å²) in [6.07, 6.45) is 3.90. The van der Waals surface area contributed by atoms with Gasteiger partial charge in [0.05, 0.1) is 46.3 Å². The molecule has 0 radical (unpaired) electrons. The number of benzene rings is 4. The number of aliphatic hydroxyl groups excluding tert-OH is 2. The highest BCUT2D eigenvalue weighted by atomic mass is 35.5. The van der Waals surface area contributed by atoms with E-state index in [1.807, 2.05) is 13.8 Å². The van der Waals surface area contributed by atoms with Gasteiger partial charge in [-0.1, -0.05) is 87.9 Å². The first-order valence-corrected chi connectivity index (χ1v) is 22.8. The normalized spacial score (nSPS) is 16.7. The molecule has 4 aromatic carbocycles. The van der Waals surface area contributed by atoms with Crippen LogP contribution >= 0.6 is 46.4 Å². The third-order valence-electron chi connectivity index (χ3n) is 8.70. The van der Waals surface area contributed by atoms with E-state index < -0.39 is 51.4 Å². The van der Waals surface area contributed by atoms with Crippen LogP contribution in [0.5, 0.6) is 0 Å². The molecule has 336 valence electrons. The molecule has 0 unspecified atom stereocenters. The second-order valence-corrected chi connectivity index (χ2v) is 18.5. The van der Waals surface area contributed by atoms with Crippen molar-refractivity contribution in [2.45, 2.75) is 54.7 Å². The van der Waals surface area contributed by atoms with Crippen LogP contribution in [-0.2, 0) is 57.0 Å². The highest BCUT2D eigenvalue weighted by Crippen LogP contribution is 2.40. The van der Waals surface area contributed by atoms with Crippen LogP contribution in [-0.4, -0.2) is 101 Å². The van der Waals surface area contributed by atoms with Gasteiger partial charge in [0.2, 0.25) is 5.79 Å². The predicted octanol–water partition coefficient (Wildman–Crippen LogP) is 6.09. The number of nitrogens with zero attached hydrogens (tertiary/aromatic N) is 6. The van der Waals surface area contributed by atoms with Gasteiger partial charge in [0, 0.05) is 21.2 Å². The van der Waals surface area contributed by atoms with Gasteiger partial charge in [-0.3, -0.25) is 13.2 Å². The van der Waals surface area contributed by atoms with E-state index in [1.54, 1.807) is 54.6 Å². The van der Waals surface area contributed by atoms with Crippen molar-refractivity contribution in [1.29, 1.82) is 0 Å². The fourth-order valence-electron chi connectivity index (χ4n) is 5.48. The fourth-order valence-corrected chi connectivity index (χ4v) is 8.42. The number of aromatic nitrogens is 6. The van der Waals surface area contributed by atoms with Crippen molar-refractivity contribution in [3.05, 3.63) is 153 Å². The van der Waals surface area contributed by atoms with Crippen molar-refractivity contribution in [3.63, 3.8) is 0 Å². The number of hydrogen-bond acceptors (Lipinski definition) is 15. The van der Waals surface area contributed by atoms with Gasteiger partial charge < -0.3 is 19.7 Å². The Labute approximate surface area is 383 Å². The van der Waals surface area contributed by atoms with Crippen molar-refractivity contribution in [1.82, 2.24) is 29.5 Å². The number of Topliss-reactive ketones (excluding diaryl/α,β-unsaturated/α-hetero) is 1. The van der Waals surface area contributed by atoms with Crippen molar-refractivity contribution in [2.75, 3.05) is 26.4 Å². The monoisotopic (exact) mass is 984 g/mol. The Morgan fingerprint density at radius 3 is 1.86 bits per heavy atom. The van der Waals surface area contributed by atoms with E-state index in [4.69, 9.17) is 70.3 Å². The van der Waals surface area contributed by atoms with Gasteiger partial charge >= 0.3 is 0 Å². The summed E-state index contributed by atoms with van der Waals surface area (Å²) in [5.74, 6) is -1.44.